The van der Waals surface area contributed by atoms with Gasteiger partial charge in [0.25, 0.3) is 0 Å². The number of hydrogen-bond acceptors (Lipinski definition) is 4. The number of nitrogens with one attached hydrogen (secondary N) is 1. The zero-order valence-corrected chi connectivity index (χ0v) is 6.02. The monoisotopic (exact) mass is 163 g/mol. The van der Waals surface area contributed by atoms with E-state index in [0.29, 0.717) is 23.5 Å². The minimum atomic E-state index is 0.424. The summed E-state index contributed by atoms with van der Waals surface area (Å²) in [5, 5.41) is 0. The summed E-state index contributed by atoms with van der Waals surface area (Å²) in [4.78, 5) is 20.8. The van der Waals surface area contributed by atoms with Crippen LogP contribution < -0.4 is 0 Å². The molecule has 0 aromatic carbocycles. The summed E-state index contributed by atoms with van der Waals surface area (Å²) < 4.78 is 4.75. The van der Waals surface area contributed by atoms with Crippen LogP contribution in [0.3, 0.4) is 0 Å². The molecule has 12 heavy (non-hydrogen) atoms. The van der Waals surface area contributed by atoms with Crippen LogP contribution in [0.5, 0.6) is 0 Å². The lowest BCUT2D eigenvalue weighted by Crippen LogP contribution is -1.80. The highest BCUT2D eigenvalue weighted by Gasteiger charge is 2.04. The van der Waals surface area contributed by atoms with Crippen LogP contribution in [0.15, 0.2) is 23.3 Å². The van der Waals surface area contributed by atoms with Crippen LogP contribution in [-0.2, 0) is 0 Å². The van der Waals surface area contributed by atoms with Gasteiger partial charge in [0.15, 0.2) is 18.5 Å². The summed E-state index contributed by atoms with van der Waals surface area (Å²) in [6, 6.07) is 0. The van der Waals surface area contributed by atoms with Gasteiger partial charge in [0, 0.05) is 0 Å². The molecule has 5 nitrogen and oxygen atoms in total. The Morgan fingerprint density at radius 3 is 3.00 bits per heavy atom. The predicted octanol–water partition coefficient (Wildman–Crippen LogP) is 0.877. The average molecular weight is 163 g/mol. The van der Waals surface area contributed by atoms with E-state index in [0.717, 1.165) is 0 Å². The Kier molecular flexibility index (Phi) is 1.48. The van der Waals surface area contributed by atoms with Gasteiger partial charge in [-0.1, -0.05) is 0 Å². The SMILES string of the molecule is O=Cc1cnc(-c2cocn2)[nH]1. The molecule has 0 saturated carbocycles. The Morgan fingerprint density at radius 2 is 2.42 bits per heavy atom. The summed E-state index contributed by atoms with van der Waals surface area (Å²) in [7, 11) is 0. The molecule has 0 aliphatic heterocycles. The second-order valence-electron chi connectivity index (χ2n) is 2.18. The highest BCUT2D eigenvalue weighted by molar-refractivity contribution is 5.72. The molecule has 60 valence electrons. The van der Waals surface area contributed by atoms with Crippen molar-refractivity contribution in [2.45, 2.75) is 0 Å². The van der Waals surface area contributed by atoms with Crippen LogP contribution in [0.1, 0.15) is 10.5 Å². The number of hydrogen-bond donors (Lipinski definition) is 1. The first-order valence-electron chi connectivity index (χ1n) is 3.29. The molecule has 0 unspecified atom stereocenters. The molecule has 2 aromatic heterocycles. The summed E-state index contributed by atoms with van der Waals surface area (Å²) in [5.74, 6) is 0.533. The predicted molar refractivity (Wildman–Crippen MR) is 39.5 cm³/mol. The van der Waals surface area contributed by atoms with E-state index >= 15 is 0 Å². The number of oxazole rings is 1. The minimum absolute atomic E-state index is 0.424. The fraction of sp³-hybridized carbons (Fsp3) is 0. The van der Waals surface area contributed by atoms with Crippen molar-refractivity contribution in [1.82, 2.24) is 15.0 Å². The van der Waals surface area contributed by atoms with Crippen LogP contribution in [0, 0.1) is 0 Å². The maximum absolute atomic E-state index is 10.3. The molecule has 0 aliphatic rings. The van der Waals surface area contributed by atoms with Gasteiger partial charge in [0.1, 0.15) is 12.0 Å². The molecule has 1 N–H and O–H groups in total. The second kappa shape index (κ2) is 2.61. The van der Waals surface area contributed by atoms with Crippen LogP contribution in [0.25, 0.3) is 11.5 Å². The topological polar surface area (TPSA) is 71.8 Å². The number of carbonyl (C=O) groups excluding carboxylic acids is 1. The van der Waals surface area contributed by atoms with E-state index in [4.69, 9.17) is 4.42 Å². The van der Waals surface area contributed by atoms with Gasteiger partial charge in [0.2, 0.25) is 0 Å². The number of imidazole rings is 1. The number of aldehydes is 1. The van der Waals surface area contributed by atoms with Crippen molar-refractivity contribution in [3.8, 4) is 11.5 Å². The van der Waals surface area contributed by atoms with E-state index in [1.54, 1.807) is 0 Å². The molecular formula is C7H5N3O2. The van der Waals surface area contributed by atoms with E-state index in [1.165, 1.54) is 18.9 Å². The normalized spacial score (nSPS) is 10.0. The lowest BCUT2D eigenvalue weighted by atomic mass is 10.5. The standard InChI is InChI=1S/C7H5N3O2/c11-2-5-1-8-7(10-5)6-3-12-4-9-6/h1-4H,(H,8,10). The fourth-order valence-electron chi connectivity index (χ4n) is 0.855. The van der Waals surface area contributed by atoms with E-state index < -0.39 is 0 Å². The van der Waals surface area contributed by atoms with E-state index in [-0.39, 0.29) is 0 Å². The van der Waals surface area contributed by atoms with Crippen LogP contribution in [0.2, 0.25) is 0 Å². The Bertz CT molecular complexity index is 377. The van der Waals surface area contributed by atoms with Crippen molar-refractivity contribution >= 4 is 6.29 Å². The summed E-state index contributed by atoms with van der Waals surface area (Å²) in [5.41, 5.74) is 1.01. The molecule has 0 saturated heterocycles. The average Bonchev–Trinajstić information content (AvgIpc) is 2.75. The number of H-pyrrole nitrogens is 1. The lowest BCUT2D eigenvalue weighted by molar-refractivity contribution is 0.111. The molecule has 0 aliphatic carbocycles. The van der Waals surface area contributed by atoms with Gasteiger partial charge < -0.3 is 9.40 Å². The number of rotatable bonds is 2. The highest BCUT2D eigenvalue weighted by atomic mass is 16.3. The number of aromatic nitrogens is 3. The summed E-state index contributed by atoms with van der Waals surface area (Å²) in [6.45, 7) is 0. The van der Waals surface area contributed by atoms with Gasteiger partial charge in [-0.3, -0.25) is 4.79 Å². The van der Waals surface area contributed by atoms with E-state index in [9.17, 15) is 4.79 Å². The van der Waals surface area contributed by atoms with E-state index in [1.807, 2.05) is 0 Å². The maximum atomic E-state index is 10.3. The molecule has 0 bridgehead atoms. The summed E-state index contributed by atoms with van der Waals surface area (Å²) in [6.07, 6.45) is 4.89. The Hall–Kier alpha value is -1.91. The van der Waals surface area contributed by atoms with Crippen LogP contribution in [-0.4, -0.2) is 21.2 Å². The third-order valence-corrected chi connectivity index (χ3v) is 1.40. The lowest BCUT2D eigenvalue weighted by Gasteiger charge is -1.83. The van der Waals surface area contributed by atoms with Crippen molar-refractivity contribution in [2.75, 3.05) is 0 Å². The Morgan fingerprint density at radius 1 is 1.50 bits per heavy atom. The largest absolute Gasteiger partial charge is 0.451 e. The number of carbonyl (C=O) groups is 1. The van der Waals surface area contributed by atoms with Gasteiger partial charge in [0.05, 0.1) is 11.9 Å². The van der Waals surface area contributed by atoms with Gasteiger partial charge in [-0.05, 0) is 0 Å². The van der Waals surface area contributed by atoms with Crippen molar-refractivity contribution in [1.29, 1.82) is 0 Å². The molecule has 0 amide bonds. The second-order valence-corrected chi connectivity index (χ2v) is 2.18. The maximum Gasteiger partial charge on any atom is 0.181 e. The Labute approximate surface area is 67.5 Å². The third-order valence-electron chi connectivity index (χ3n) is 1.40. The van der Waals surface area contributed by atoms with Gasteiger partial charge in [-0.25, -0.2) is 9.97 Å². The van der Waals surface area contributed by atoms with E-state index in [2.05, 4.69) is 15.0 Å². The van der Waals surface area contributed by atoms with Crippen molar-refractivity contribution in [2.24, 2.45) is 0 Å². The van der Waals surface area contributed by atoms with Gasteiger partial charge in [-0.2, -0.15) is 0 Å². The molecule has 0 atom stereocenters. The molecule has 2 heterocycles. The molecule has 2 aromatic rings. The molecule has 0 fully saturated rings. The first-order valence-corrected chi connectivity index (χ1v) is 3.29. The van der Waals surface area contributed by atoms with Crippen molar-refractivity contribution in [3.63, 3.8) is 0 Å². The number of aromatic amines is 1. The highest BCUT2D eigenvalue weighted by Crippen LogP contribution is 2.11. The first kappa shape index (κ1) is 6.78. The number of nitrogens with zero attached hydrogens (tertiary/aromatic N) is 2. The summed E-state index contributed by atoms with van der Waals surface area (Å²) >= 11 is 0. The quantitative estimate of drug-likeness (QED) is 0.667. The van der Waals surface area contributed by atoms with Crippen LogP contribution in [0.4, 0.5) is 0 Å². The molecule has 0 radical (unpaired) electrons. The minimum Gasteiger partial charge on any atom is -0.451 e. The van der Waals surface area contributed by atoms with Gasteiger partial charge in [-0.15, -0.1) is 0 Å². The zero-order valence-electron chi connectivity index (χ0n) is 6.02. The fourth-order valence-corrected chi connectivity index (χ4v) is 0.855. The van der Waals surface area contributed by atoms with Crippen molar-refractivity contribution < 1.29 is 9.21 Å². The third kappa shape index (κ3) is 1.01. The van der Waals surface area contributed by atoms with Crippen molar-refractivity contribution in [3.05, 3.63) is 24.5 Å². The molecule has 5 heteroatoms. The first-order chi connectivity index (χ1) is 5.90. The molecule has 0 spiro atoms. The molecular weight excluding hydrogens is 158 g/mol. The zero-order chi connectivity index (χ0) is 8.39. The Balaban J connectivity index is 2.41. The smallest absolute Gasteiger partial charge is 0.181 e. The van der Waals surface area contributed by atoms with Crippen LogP contribution >= 0.6 is 0 Å². The molecule has 2 rings (SSSR count). The van der Waals surface area contributed by atoms with Gasteiger partial charge >= 0.3 is 0 Å².